The van der Waals surface area contributed by atoms with E-state index in [1.54, 1.807) is 0 Å². The molecule has 1 aliphatic rings. The normalized spacial score (nSPS) is 22.7. The molecule has 1 aliphatic heterocycles. The van der Waals surface area contributed by atoms with Crippen molar-refractivity contribution in [1.29, 1.82) is 0 Å². The van der Waals surface area contributed by atoms with Crippen molar-refractivity contribution in [1.82, 2.24) is 4.31 Å². The quantitative estimate of drug-likeness (QED) is 0.704. The third-order valence-corrected chi connectivity index (χ3v) is 3.66. The third-order valence-electron chi connectivity index (χ3n) is 2.42. The lowest BCUT2D eigenvalue weighted by atomic mass is 9.95. The average Bonchev–Trinajstić information content (AvgIpc) is 1.79. The minimum absolute atomic E-state index is 0.229. The molecule has 78 valence electrons. The first-order valence-electron chi connectivity index (χ1n) is 4.60. The van der Waals surface area contributed by atoms with Crippen LogP contribution in [0.4, 0.5) is 0 Å². The maximum Gasteiger partial charge on any atom is 0.211 e. The predicted octanol–water partition coefficient (Wildman–Crippen LogP) is 0.00520. The Labute approximate surface area is 80.1 Å². The summed E-state index contributed by atoms with van der Waals surface area (Å²) >= 11 is 0. The highest BCUT2D eigenvalue weighted by Gasteiger charge is 2.32. The Morgan fingerprint density at radius 3 is 2.46 bits per heavy atom. The zero-order valence-corrected chi connectivity index (χ0v) is 9.05. The second-order valence-corrected chi connectivity index (χ2v) is 5.98. The molecule has 0 aliphatic carbocycles. The van der Waals surface area contributed by atoms with Crippen molar-refractivity contribution in [2.24, 2.45) is 11.7 Å². The highest BCUT2D eigenvalue weighted by atomic mass is 32.2. The lowest BCUT2D eigenvalue weighted by Crippen LogP contribution is -2.49. The summed E-state index contributed by atoms with van der Waals surface area (Å²) in [5.41, 5.74) is 5.61. The van der Waals surface area contributed by atoms with Gasteiger partial charge in [-0.25, -0.2) is 12.7 Å². The summed E-state index contributed by atoms with van der Waals surface area (Å²) < 4.78 is 23.5. The highest BCUT2D eigenvalue weighted by Crippen LogP contribution is 2.23. The van der Waals surface area contributed by atoms with E-state index >= 15 is 0 Å². The Kier molecular flexibility index (Phi) is 3.32. The Morgan fingerprint density at radius 1 is 1.54 bits per heavy atom. The summed E-state index contributed by atoms with van der Waals surface area (Å²) in [5.74, 6) is 0.528. The molecule has 4 nitrogen and oxygen atoms in total. The molecule has 1 rings (SSSR count). The van der Waals surface area contributed by atoms with E-state index in [1.165, 1.54) is 10.6 Å². The Hall–Kier alpha value is -0.130. The molecule has 2 N–H and O–H groups in total. The molecule has 1 saturated heterocycles. The van der Waals surface area contributed by atoms with Gasteiger partial charge in [-0.2, -0.15) is 0 Å². The van der Waals surface area contributed by atoms with E-state index in [1.807, 2.05) is 6.92 Å². The maximum atomic E-state index is 11.0. The fourth-order valence-electron chi connectivity index (χ4n) is 1.47. The van der Waals surface area contributed by atoms with Crippen LogP contribution in [0.25, 0.3) is 0 Å². The van der Waals surface area contributed by atoms with E-state index in [9.17, 15) is 8.42 Å². The molecule has 5 heteroatoms. The van der Waals surface area contributed by atoms with Gasteiger partial charge in [0.25, 0.3) is 0 Å². The van der Waals surface area contributed by atoms with Crippen molar-refractivity contribution in [3.05, 3.63) is 0 Å². The van der Waals surface area contributed by atoms with Crippen LogP contribution in [0, 0.1) is 5.92 Å². The summed E-state index contributed by atoms with van der Waals surface area (Å²) in [6.07, 6.45) is 3.29. The van der Waals surface area contributed by atoms with Gasteiger partial charge < -0.3 is 5.73 Å². The van der Waals surface area contributed by atoms with E-state index in [0.717, 1.165) is 12.8 Å². The SMILES string of the molecule is CC(N)CCC1CN(S(C)(=O)=O)C1. The number of hydrogen-bond donors (Lipinski definition) is 1. The van der Waals surface area contributed by atoms with Gasteiger partial charge in [0.1, 0.15) is 0 Å². The predicted molar refractivity (Wildman–Crippen MR) is 52.8 cm³/mol. The van der Waals surface area contributed by atoms with Crippen LogP contribution in [0.2, 0.25) is 0 Å². The van der Waals surface area contributed by atoms with Crippen LogP contribution in [-0.4, -0.2) is 38.1 Å². The summed E-state index contributed by atoms with van der Waals surface area (Å²) in [6.45, 7) is 3.35. The Balaban J connectivity index is 2.19. The smallest absolute Gasteiger partial charge is 0.211 e. The van der Waals surface area contributed by atoms with Crippen molar-refractivity contribution in [2.45, 2.75) is 25.8 Å². The number of hydrogen-bond acceptors (Lipinski definition) is 3. The van der Waals surface area contributed by atoms with Gasteiger partial charge in [-0.1, -0.05) is 0 Å². The Bertz CT molecular complexity index is 255. The molecule has 13 heavy (non-hydrogen) atoms. The zero-order valence-electron chi connectivity index (χ0n) is 8.23. The molecular formula is C8H18N2O2S. The molecule has 0 bridgehead atoms. The van der Waals surface area contributed by atoms with Crippen molar-refractivity contribution < 1.29 is 8.42 Å². The number of nitrogens with two attached hydrogens (primary N) is 1. The van der Waals surface area contributed by atoms with Crippen molar-refractivity contribution in [3.8, 4) is 0 Å². The van der Waals surface area contributed by atoms with Crippen LogP contribution < -0.4 is 5.73 Å². The van der Waals surface area contributed by atoms with Gasteiger partial charge in [0, 0.05) is 19.1 Å². The fourth-order valence-corrected chi connectivity index (χ4v) is 2.44. The molecule has 1 fully saturated rings. The maximum absolute atomic E-state index is 11.0. The van der Waals surface area contributed by atoms with Crippen LogP contribution in [0.5, 0.6) is 0 Å². The van der Waals surface area contributed by atoms with E-state index in [4.69, 9.17) is 5.73 Å². The van der Waals surface area contributed by atoms with Gasteiger partial charge in [0.15, 0.2) is 0 Å². The molecule has 0 saturated carbocycles. The third kappa shape index (κ3) is 3.25. The molecule has 1 heterocycles. The van der Waals surface area contributed by atoms with E-state index in [2.05, 4.69) is 0 Å². The minimum atomic E-state index is -2.94. The molecule has 0 amide bonds. The lowest BCUT2D eigenvalue weighted by molar-refractivity contribution is 0.186. The summed E-state index contributed by atoms with van der Waals surface area (Å²) in [5, 5.41) is 0. The monoisotopic (exact) mass is 206 g/mol. The van der Waals surface area contributed by atoms with Gasteiger partial charge in [0.2, 0.25) is 10.0 Å². The number of nitrogens with zero attached hydrogens (tertiary/aromatic N) is 1. The highest BCUT2D eigenvalue weighted by molar-refractivity contribution is 7.88. The van der Waals surface area contributed by atoms with E-state index < -0.39 is 10.0 Å². The van der Waals surface area contributed by atoms with Crippen LogP contribution in [0.1, 0.15) is 19.8 Å². The second kappa shape index (κ2) is 3.94. The molecule has 1 atom stereocenters. The molecule has 0 aromatic carbocycles. The second-order valence-electron chi connectivity index (χ2n) is 4.00. The molecule has 0 spiro atoms. The van der Waals surface area contributed by atoms with Crippen LogP contribution in [0.15, 0.2) is 0 Å². The van der Waals surface area contributed by atoms with Gasteiger partial charge in [-0.3, -0.25) is 0 Å². The lowest BCUT2D eigenvalue weighted by Gasteiger charge is -2.37. The van der Waals surface area contributed by atoms with Crippen LogP contribution in [0.3, 0.4) is 0 Å². The standard InChI is InChI=1S/C8H18N2O2S/c1-7(9)3-4-8-5-10(6-8)13(2,11)12/h7-8H,3-6,9H2,1-2H3. The van der Waals surface area contributed by atoms with Crippen LogP contribution >= 0.6 is 0 Å². The molecule has 0 radical (unpaired) electrons. The summed E-state index contributed by atoms with van der Waals surface area (Å²) in [7, 11) is -2.94. The van der Waals surface area contributed by atoms with Gasteiger partial charge in [-0.15, -0.1) is 0 Å². The van der Waals surface area contributed by atoms with Crippen LogP contribution in [-0.2, 0) is 10.0 Å². The van der Waals surface area contributed by atoms with Gasteiger partial charge in [0.05, 0.1) is 6.26 Å². The largest absolute Gasteiger partial charge is 0.328 e. The van der Waals surface area contributed by atoms with Crippen molar-refractivity contribution in [3.63, 3.8) is 0 Å². The minimum Gasteiger partial charge on any atom is -0.328 e. The van der Waals surface area contributed by atoms with Gasteiger partial charge in [-0.05, 0) is 25.7 Å². The summed E-state index contributed by atoms with van der Waals surface area (Å²) in [4.78, 5) is 0. The average molecular weight is 206 g/mol. The first-order chi connectivity index (χ1) is 5.89. The van der Waals surface area contributed by atoms with Gasteiger partial charge >= 0.3 is 0 Å². The molecular weight excluding hydrogens is 188 g/mol. The van der Waals surface area contributed by atoms with E-state index in [0.29, 0.717) is 19.0 Å². The van der Waals surface area contributed by atoms with E-state index in [-0.39, 0.29) is 6.04 Å². The van der Waals surface area contributed by atoms with Crippen molar-refractivity contribution in [2.75, 3.05) is 19.3 Å². The fraction of sp³-hybridized carbons (Fsp3) is 1.00. The first kappa shape index (κ1) is 10.9. The number of sulfonamides is 1. The zero-order chi connectivity index (χ0) is 10.1. The topological polar surface area (TPSA) is 63.4 Å². The number of rotatable bonds is 4. The van der Waals surface area contributed by atoms with Crippen molar-refractivity contribution >= 4 is 10.0 Å². The molecule has 1 unspecified atom stereocenters. The summed E-state index contributed by atoms with van der Waals surface area (Å²) in [6, 6.07) is 0.229. The molecule has 0 aromatic rings. The first-order valence-corrected chi connectivity index (χ1v) is 6.45. The molecule has 0 aromatic heterocycles. The Morgan fingerprint density at radius 2 is 2.08 bits per heavy atom.